The van der Waals surface area contributed by atoms with E-state index in [4.69, 9.17) is 0 Å². The molecule has 5 heteroatoms. The number of carboxylic acids is 1. The van der Waals surface area contributed by atoms with E-state index in [1.165, 1.54) is 16.8 Å². The Labute approximate surface area is 207 Å². The number of hydrogen-bond acceptors (Lipinski definition) is 3. The van der Waals surface area contributed by atoms with Gasteiger partial charge in [0.25, 0.3) is 0 Å². The van der Waals surface area contributed by atoms with Crippen molar-refractivity contribution >= 4 is 17.6 Å². The molecule has 0 saturated carbocycles. The predicted octanol–water partition coefficient (Wildman–Crippen LogP) is 5.02. The van der Waals surface area contributed by atoms with E-state index < -0.39 is 17.9 Å². The number of benzene rings is 3. The molecular formula is C30H32N2O3. The van der Waals surface area contributed by atoms with Gasteiger partial charge in [0, 0.05) is 31.2 Å². The number of carbonyl (C=O) groups is 2. The molecule has 0 spiro atoms. The van der Waals surface area contributed by atoms with Crippen LogP contribution in [-0.2, 0) is 16.0 Å². The van der Waals surface area contributed by atoms with Gasteiger partial charge in [-0.15, -0.1) is 0 Å². The normalized spacial score (nSPS) is 19.9. The van der Waals surface area contributed by atoms with Gasteiger partial charge in [0.2, 0.25) is 5.91 Å². The van der Waals surface area contributed by atoms with E-state index in [0.717, 1.165) is 36.9 Å². The monoisotopic (exact) mass is 468 g/mol. The van der Waals surface area contributed by atoms with Crippen molar-refractivity contribution in [1.82, 2.24) is 4.90 Å². The number of hydrogen-bond donors (Lipinski definition) is 1. The Hall–Kier alpha value is -3.60. The Kier molecular flexibility index (Phi) is 6.58. The highest BCUT2D eigenvalue weighted by atomic mass is 16.4. The summed E-state index contributed by atoms with van der Waals surface area (Å²) >= 11 is 0. The van der Waals surface area contributed by atoms with Crippen LogP contribution in [0, 0.1) is 6.92 Å². The topological polar surface area (TPSA) is 60.9 Å². The predicted molar refractivity (Wildman–Crippen MR) is 138 cm³/mol. The average Bonchev–Trinajstić information content (AvgIpc) is 3.22. The van der Waals surface area contributed by atoms with Crippen LogP contribution in [0.2, 0.25) is 0 Å². The van der Waals surface area contributed by atoms with Crippen molar-refractivity contribution in [3.8, 4) is 0 Å². The molecule has 0 aromatic heterocycles. The lowest BCUT2D eigenvalue weighted by Gasteiger charge is -2.32. The fraction of sp³-hybridized carbons (Fsp3) is 0.333. The number of carbonyl (C=O) groups excluding carboxylic acids is 1. The van der Waals surface area contributed by atoms with Gasteiger partial charge in [0.1, 0.15) is 6.04 Å². The van der Waals surface area contributed by atoms with Crippen molar-refractivity contribution in [2.75, 3.05) is 18.0 Å². The van der Waals surface area contributed by atoms with E-state index in [2.05, 4.69) is 30.0 Å². The third-order valence-corrected chi connectivity index (χ3v) is 7.45. The van der Waals surface area contributed by atoms with Crippen LogP contribution >= 0.6 is 0 Å². The van der Waals surface area contributed by atoms with Crippen molar-refractivity contribution < 1.29 is 14.7 Å². The number of amides is 1. The smallest absolute Gasteiger partial charge is 0.326 e. The summed E-state index contributed by atoms with van der Waals surface area (Å²) in [4.78, 5) is 30.5. The van der Waals surface area contributed by atoms with Crippen LogP contribution in [0.4, 0.5) is 5.69 Å². The molecule has 1 N–H and O–H groups in total. The molecule has 0 unspecified atom stereocenters. The quantitative estimate of drug-likeness (QED) is 0.571. The molecule has 180 valence electrons. The number of aliphatic carboxylic acids is 1. The first-order valence-electron chi connectivity index (χ1n) is 12.5. The van der Waals surface area contributed by atoms with Crippen LogP contribution < -0.4 is 4.90 Å². The molecule has 1 saturated heterocycles. The second-order valence-corrected chi connectivity index (χ2v) is 9.77. The van der Waals surface area contributed by atoms with Gasteiger partial charge in [0.05, 0.1) is 5.92 Å². The third kappa shape index (κ3) is 4.68. The number of rotatable bonds is 5. The molecular weight excluding hydrogens is 436 g/mol. The number of nitrogens with zero attached hydrogens (tertiary/aromatic N) is 2. The lowest BCUT2D eigenvalue weighted by atomic mass is 9.90. The number of likely N-dealkylation sites (tertiary alicyclic amines) is 1. The van der Waals surface area contributed by atoms with Gasteiger partial charge in [-0.05, 0) is 54.5 Å². The Bertz CT molecular complexity index is 1160. The van der Waals surface area contributed by atoms with Crippen molar-refractivity contribution in [3.05, 3.63) is 101 Å². The highest BCUT2D eigenvalue weighted by molar-refractivity contribution is 5.91. The maximum Gasteiger partial charge on any atom is 0.326 e. The first-order valence-corrected chi connectivity index (χ1v) is 12.5. The summed E-state index contributed by atoms with van der Waals surface area (Å²) in [7, 11) is 0. The second-order valence-electron chi connectivity index (χ2n) is 9.77. The summed E-state index contributed by atoms with van der Waals surface area (Å²) < 4.78 is 0. The lowest BCUT2D eigenvalue weighted by Crippen LogP contribution is -2.44. The van der Waals surface area contributed by atoms with Crippen LogP contribution in [0.3, 0.4) is 0 Å². The zero-order valence-electron chi connectivity index (χ0n) is 20.1. The number of fused-ring (bicyclic) bond motifs is 1. The summed E-state index contributed by atoms with van der Waals surface area (Å²) in [5, 5.41) is 10.2. The zero-order valence-corrected chi connectivity index (χ0v) is 20.1. The Morgan fingerprint density at radius 2 is 1.57 bits per heavy atom. The van der Waals surface area contributed by atoms with Crippen molar-refractivity contribution in [2.24, 2.45) is 0 Å². The molecule has 2 heterocycles. The molecule has 2 aliphatic rings. The molecule has 0 bridgehead atoms. The minimum atomic E-state index is -0.931. The molecule has 0 aliphatic carbocycles. The summed E-state index contributed by atoms with van der Waals surface area (Å²) in [6.07, 6.45) is 3.65. The maximum atomic E-state index is 14.1. The molecule has 2 atom stereocenters. The lowest BCUT2D eigenvalue weighted by molar-refractivity contribution is -0.148. The maximum absolute atomic E-state index is 14.1. The third-order valence-electron chi connectivity index (χ3n) is 7.45. The van der Waals surface area contributed by atoms with E-state index in [1.54, 1.807) is 4.90 Å². The van der Waals surface area contributed by atoms with E-state index in [1.807, 2.05) is 60.7 Å². The molecule has 3 aromatic rings. The van der Waals surface area contributed by atoms with E-state index in [9.17, 15) is 14.7 Å². The summed E-state index contributed by atoms with van der Waals surface area (Å²) in [6, 6.07) is 25.1. The molecule has 1 amide bonds. The SMILES string of the molecule is Cc1ccc2c(c1)N([C@@H]1C[C@@H](C(=O)O)N(C(=O)C(c3ccccc3)c3ccccc3)C1)CCCC2. The van der Waals surface area contributed by atoms with Crippen LogP contribution in [-0.4, -0.2) is 47.1 Å². The van der Waals surface area contributed by atoms with Crippen LogP contribution in [0.5, 0.6) is 0 Å². The number of aryl methyl sites for hydroxylation is 2. The molecule has 0 radical (unpaired) electrons. The highest BCUT2D eigenvalue weighted by Gasteiger charge is 2.44. The van der Waals surface area contributed by atoms with Gasteiger partial charge < -0.3 is 14.9 Å². The summed E-state index contributed by atoms with van der Waals surface area (Å²) in [5.41, 5.74) is 5.48. The average molecular weight is 469 g/mol. The second kappa shape index (κ2) is 9.95. The molecule has 35 heavy (non-hydrogen) atoms. The van der Waals surface area contributed by atoms with Crippen LogP contribution in [0.1, 0.15) is 47.4 Å². The number of anilines is 1. The van der Waals surface area contributed by atoms with Crippen molar-refractivity contribution in [3.63, 3.8) is 0 Å². The number of carboxylic acid groups (broad SMARTS) is 1. The van der Waals surface area contributed by atoms with E-state index >= 15 is 0 Å². The Morgan fingerprint density at radius 1 is 0.914 bits per heavy atom. The van der Waals surface area contributed by atoms with Crippen molar-refractivity contribution in [1.29, 1.82) is 0 Å². The van der Waals surface area contributed by atoms with Crippen LogP contribution in [0.25, 0.3) is 0 Å². The fourth-order valence-electron chi connectivity index (χ4n) is 5.70. The largest absolute Gasteiger partial charge is 0.480 e. The van der Waals surface area contributed by atoms with Crippen molar-refractivity contribution in [2.45, 2.75) is 50.6 Å². The summed E-state index contributed by atoms with van der Waals surface area (Å²) in [5.74, 6) is -1.60. The highest BCUT2D eigenvalue weighted by Crippen LogP contribution is 2.36. The van der Waals surface area contributed by atoms with Gasteiger partial charge in [-0.2, -0.15) is 0 Å². The first-order chi connectivity index (χ1) is 17.0. The minimum absolute atomic E-state index is 0.0223. The van der Waals surface area contributed by atoms with Gasteiger partial charge >= 0.3 is 5.97 Å². The van der Waals surface area contributed by atoms with Gasteiger partial charge in [0.15, 0.2) is 0 Å². The Balaban J connectivity index is 1.49. The minimum Gasteiger partial charge on any atom is -0.480 e. The van der Waals surface area contributed by atoms with E-state index in [-0.39, 0.29) is 11.9 Å². The summed E-state index contributed by atoms with van der Waals surface area (Å²) in [6.45, 7) is 3.40. The standard InChI is InChI=1S/C30H32N2O3/c1-21-15-16-22-10-8-9-17-31(26(22)18-21)25-19-27(30(34)35)32(20-25)29(33)28(23-11-4-2-5-12-23)24-13-6-3-7-14-24/h2-7,11-16,18,25,27-28H,8-10,17,19-20H2,1H3,(H,34,35)/t25-,27+/m1/s1. The van der Waals surface area contributed by atoms with Gasteiger partial charge in [-0.1, -0.05) is 72.8 Å². The molecule has 3 aromatic carbocycles. The van der Waals surface area contributed by atoms with Gasteiger partial charge in [-0.25, -0.2) is 4.79 Å². The Morgan fingerprint density at radius 3 is 2.20 bits per heavy atom. The molecule has 1 fully saturated rings. The van der Waals surface area contributed by atoms with Crippen LogP contribution in [0.15, 0.2) is 78.9 Å². The first kappa shape index (κ1) is 23.2. The zero-order chi connectivity index (χ0) is 24.4. The molecule has 5 nitrogen and oxygen atoms in total. The fourth-order valence-corrected chi connectivity index (χ4v) is 5.70. The van der Waals surface area contributed by atoms with Gasteiger partial charge in [-0.3, -0.25) is 4.79 Å². The molecule has 2 aliphatic heterocycles. The molecule has 5 rings (SSSR count). The van der Waals surface area contributed by atoms with E-state index in [0.29, 0.717) is 13.0 Å².